The molecule has 7 nitrogen and oxygen atoms in total. The lowest BCUT2D eigenvalue weighted by Crippen LogP contribution is -2.38. The number of aryl methyl sites for hydroxylation is 1. The molecule has 8 heteroatoms. The van der Waals surface area contributed by atoms with Crippen LogP contribution in [0.5, 0.6) is 0 Å². The van der Waals surface area contributed by atoms with Gasteiger partial charge in [-0.2, -0.15) is 0 Å². The van der Waals surface area contributed by atoms with Gasteiger partial charge < -0.3 is 19.5 Å². The largest absolute Gasteiger partial charge is 0.453 e. The van der Waals surface area contributed by atoms with E-state index in [9.17, 15) is 4.79 Å². The number of rotatable bonds is 5. The smallest absolute Gasteiger partial charge is 0.411 e. The molecule has 1 heterocycles. The Bertz CT molecular complexity index is 727. The predicted octanol–water partition coefficient (Wildman–Crippen LogP) is 3.03. The summed E-state index contributed by atoms with van der Waals surface area (Å²) >= 11 is 0. The normalized spacial score (nSPS) is 10.7. The molecule has 2 aromatic rings. The van der Waals surface area contributed by atoms with Gasteiger partial charge in [-0.25, -0.2) is 4.79 Å². The first-order chi connectivity index (χ1) is 12.0. The quantitative estimate of drug-likeness (QED) is 0.400. The van der Waals surface area contributed by atoms with Crippen molar-refractivity contribution in [3.05, 3.63) is 53.9 Å². The molecule has 0 bridgehead atoms. The van der Waals surface area contributed by atoms with Crippen molar-refractivity contribution in [1.29, 1.82) is 0 Å². The zero-order chi connectivity index (χ0) is 18.2. The van der Waals surface area contributed by atoms with E-state index in [4.69, 9.17) is 0 Å². The molecule has 0 aliphatic carbocycles. The highest BCUT2D eigenvalue weighted by atomic mass is 127. The number of ether oxygens (including phenoxy) is 1. The van der Waals surface area contributed by atoms with Crippen LogP contribution in [0.1, 0.15) is 11.3 Å². The first-order valence-electron chi connectivity index (χ1n) is 7.99. The fourth-order valence-corrected chi connectivity index (χ4v) is 2.42. The van der Waals surface area contributed by atoms with Crippen LogP contribution in [-0.4, -0.2) is 42.7 Å². The number of anilines is 1. The molecule has 26 heavy (non-hydrogen) atoms. The van der Waals surface area contributed by atoms with E-state index >= 15 is 0 Å². The van der Waals surface area contributed by atoms with E-state index in [1.54, 1.807) is 7.05 Å². The average molecular weight is 471 g/mol. The van der Waals surface area contributed by atoms with Gasteiger partial charge in [0.15, 0.2) is 5.96 Å². The van der Waals surface area contributed by atoms with Crippen LogP contribution in [0.3, 0.4) is 0 Å². The number of hydrogen-bond donors (Lipinski definition) is 2. The van der Waals surface area contributed by atoms with Crippen molar-refractivity contribution in [1.82, 2.24) is 14.8 Å². The third kappa shape index (κ3) is 6.25. The first-order valence-corrected chi connectivity index (χ1v) is 7.99. The van der Waals surface area contributed by atoms with Gasteiger partial charge in [-0.15, -0.1) is 24.0 Å². The molecule has 0 atom stereocenters. The zero-order valence-electron chi connectivity index (χ0n) is 15.5. The highest BCUT2D eigenvalue weighted by Gasteiger charge is 2.08. The number of carbonyl (C=O) groups is 1. The van der Waals surface area contributed by atoms with Crippen molar-refractivity contribution in [2.24, 2.45) is 12.0 Å². The van der Waals surface area contributed by atoms with Crippen molar-refractivity contribution in [3.8, 4) is 0 Å². The topological polar surface area (TPSA) is 70.9 Å². The Morgan fingerprint density at radius 2 is 1.96 bits per heavy atom. The van der Waals surface area contributed by atoms with Gasteiger partial charge in [0.05, 0.1) is 13.7 Å². The summed E-state index contributed by atoms with van der Waals surface area (Å²) in [6.07, 6.45) is 1.55. The minimum atomic E-state index is -0.478. The van der Waals surface area contributed by atoms with E-state index in [0.29, 0.717) is 12.2 Å². The molecule has 1 amide bonds. The maximum atomic E-state index is 11.2. The van der Waals surface area contributed by atoms with Gasteiger partial charge in [0.1, 0.15) is 0 Å². The summed E-state index contributed by atoms with van der Waals surface area (Å²) in [5.41, 5.74) is 2.99. The maximum absolute atomic E-state index is 11.2. The summed E-state index contributed by atoms with van der Waals surface area (Å²) in [5.74, 6) is 0.818. The van der Waals surface area contributed by atoms with Gasteiger partial charge >= 0.3 is 6.09 Å². The Morgan fingerprint density at radius 3 is 2.50 bits per heavy atom. The summed E-state index contributed by atoms with van der Waals surface area (Å²) < 4.78 is 6.66. The molecule has 2 rings (SSSR count). The van der Waals surface area contributed by atoms with E-state index in [1.807, 2.05) is 50.6 Å². The standard InChI is InChI=1S/C18H25N5O2.HI/c1-19-17(23(3)13-16-6-5-11-22(16)2)20-12-14-7-9-15(10-8-14)21-18(24)25-4;/h5-11H,12-13H2,1-4H3,(H,19,20)(H,21,24);1H. The molecule has 0 saturated heterocycles. The van der Waals surface area contributed by atoms with Crippen molar-refractivity contribution in [2.75, 3.05) is 26.5 Å². The molecular weight excluding hydrogens is 445 g/mol. The molecule has 0 fully saturated rings. The van der Waals surface area contributed by atoms with E-state index in [2.05, 4.69) is 35.9 Å². The van der Waals surface area contributed by atoms with Gasteiger partial charge in [-0.1, -0.05) is 12.1 Å². The second kappa shape index (κ2) is 10.7. The lowest BCUT2D eigenvalue weighted by atomic mass is 10.2. The maximum Gasteiger partial charge on any atom is 0.411 e. The van der Waals surface area contributed by atoms with Crippen molar-refractivity contribution in [3.63, 3.8) is 0 Å². The molecular formula is C18H26IN5O2. The number of benzene rings is 1. The minimum Gasteiger partial charge on any atom is -0.453 e. The SMILES string of the molecule is CN=C(NCc1ccc(NC(=O)OC)cc1)N(C)Cc1cccn1C.I. The number of hydrogen-bond acceptors (Lipinski definition) is 3. The Kier molecular flexibility index (Phi) is 8.97. The van der Waals surface area contributed by atoms with Crippen LogP contribution in [0.25, 0.3) is 0 Å². The van der Waals surface area contributed by atoms with Crippen LogP contribution in [0.15, 0.2) is 47.6 Å². The fourth-order valence-electron chi connectivity index (χ4n) is 2.42. The molecule has 0 unspecified atom stereocenters. The van der Waals surface area contributed by atoms with Crippen molar-refractivity contribution in [2.45, 2.75) is 13.1 Å². The van der Waals surface area contributed by atoms with Crippen LogP contribution >= 0.6 is 24.0 Å². The number of nitrogens with zero attached hydrogens (tertiary/aromatic N) is 3. The second-order valence-corrected chi connectivity index (χ2v) is 5.68. The van der Waals surface area contributed by atoms with Crippen LogP contribution < -0.4 is 10.6 Å². The van der Waals surface area contributed by atoms with Gasteiger partial charge in [-0.05, 0) is 29.8 Å². The summed E-state index contributed by atoms with van der Waals surface area (Å²) in [6.45, 7) is 1.41. The Labute approximate surface area is 171 Å². The molecule has 142 valence electrons. The first kappa shape index (κ1) is 21.8. The predicted molar refractivity (Wildman–Crippen MR) is 115 cm³/mol. The molecule has 1 aromatic heterocycles. The number of nitrogens with one attached hydrogen (secondary N) is 2. The number of halogens is 1. The molecule has 1 aromatic carbocycles. The van der Waals surface area contributed by atoms with Crippen LogP contribution in [0.4, 0.5) is 10.5 Å². The number of methoxy groups -OCH3 is 1. The summed E-state index contributed by atoms with van der Waals surface area (Å²) in [4.78, 5) is 17.6. The Balaban J connectivity index is 0.00000338. The molecule has 0 aliphatic rings. The van der Waals surface area contributed by atoms with Gasteiger partial charge in [-0.3, -0.25) is 10.3 Å². The number of amides is 1. The highest BCUT2D eigenvalue weighted by Crippen LogP contribution is 2.10. The van der Waals surface area contributed by atoms with Gasteiger partial charge in [0, 0.05) is 45.3 Å². The highest BCUT2D eigenvalue weighted by molar-refractivity contribution is 14.0. The molecule has 0 saturated carbocycles. The summed E-state index contributed by atoms with van der Waals surface area (Å²) in [6, 6.07) is 11.7. The van der Waals surface area contributed by atoms with Crippen molar-refractivity contribution >= 4 is 41.7 Å². The van der Waals surface area contributed by atoms with Crippen molar-refractivity contribution < 1.29 is 9.53 Å². The monoisotopic (exact) mass is 471 g/mol. The lowest BCUT2D eigenvalue weighted by Gasteiger charge is -2.22. The Morgan fingerprint density at radius 1 is 1.27 bits per heavy atom. The molecule has 0 aliphatic heterocycles. The number of carbonyl (C=O) groups excluding carboxylic acids is 1. The summed E-state index contributed by atoms with van der Waals surface area (Å²) in [5, 5.41) is 5.97. The average Bonchev–Trinajstić information content (AvgIpc) is 3.01. The lowest BCUT2D eigenvalue weighted by molar-refractivity contribution is 0.187. The zero-order valence-corrected chi connectivity index (χ0v) is 17.9. The fraction of sp³-hybridized carbons (Fsp3) is 0.333. The van der Waals surface area contributed by atoms with E-state index in [1.165, 1.54) is 12.8 Å². The van der Waals surface area contributed by atoms with Gasteiger partial charge in [0.25, 0.3) is 0 Å². The number of aliphatic imine (C=N–C) groups is 1. The molecule has 0 spiro atoms. The summed E-state index contributed by atoms with van der Waals surface area (Å²) in [7, 11) is 7.15. The second-order valence-electron chi connectivity index (χ2n) is 5.68. The van der Waals surface area contributed by atoms with E-state index in [0.717, 1.165) is 18.1 Å². The van der Waals surface area contributed by atoms with Crippen LogP contribution in [-0.2, 0) is 24.9 Å². The van der Waals surface area contributed by atoms with Crippen LogP contribution in [0, 0.1) is 0 Å². The minimum absolute atomic E-state index is 0. The molecule has 0 radical (unpaired) electrons. The number of guanidine groups is 1. The van der Waals surface area contributed by atoms with Crippen LogP contribution in [0.2, 0.25) is 0 Å². The van der Waals surface area contributed by atoms with E-state index < -0.39 is 6.09 Å². The molecule has 2 N–H and O–H groups in total. The number of aromatic nitrogens is 1. The van der Waals surface area contributed by atoms with E-state index in [-0.39, 0.29) is 24.0 Å². The van der Waals surface area contributed by atoms with Gasteiger partial charge in [0.2, 0.25) is 0 Å². The third-order valence-electron chi connectivity index (χ3n) is 3.86. The Hall–Kier alpha value is -2.23. The third-order valence-corrected chi connectivity index (χ3v) is 3.86.